The summed E-state index contributed by atoms with van der Waals surface area (Å²) in [5.74, 6) is -0.600. The number of para-hydroxylation sites is 1. The summed E-state index contributed by atoms with van der Waals surface area (Å²) in [6, 6.07) is 8.54. The molecule has 5 heteroatoms. The third-order valence-corrected chi connectivity index (χ3v) is 1.40. The predicted octanol–water partition coefficient (Wildman–Crippen LogP) is 1.86. The molecule has 1 rings (SSSR count). The van der Waals surface area contributed by atoms with Crippen LogP contribution in [0.1, 0.15) is 0 Å². The lowest BCUT2D eigenvalue weighted by molar-refractivity contribution is -0.148. The highest BCUT2D eigenvalue weighted by Gasteiger charge is 2.06. The van der Waals surface area contributed by atoms with Crippen LogP contribution in [-0.4, -0.2) is 19.1 Å². The third kappa shape index (κ3) is 3.95. The average Bonchev–Trinajstić information content (AvgIpc) is 2.16. The molecule has 0 heterocycles. The van der Waals surface area contributed by atoms with Gasteiger partial charge in [-0.05, 0) is 12.1 Å². The second-order valence-electron chi connectivity index (χ2n) is 2.49. The Kier molecular flexibility index (Phi) is 4.00. The summed E-state index contributed by atoms with van der Waals surface area (Å²) in [4.78, 5) is 10.9. The van der Waals surface area contributed by atoms with Crippen LogP contribution in [0.15, 0.2) is 30.3 Å². The van der Waals surface area contributed by atoms with E-state index in [0.717, 1.165) is 0 Å². The van der Waals surface area contributed by atoms with Gasteiger partial charge in [0.15, 0.2) is 0 Å². The minimum Gasteiger partial charge on any atom is -0.324 e. The Labute approximate surface area is 79.7 Å². The van der Waals surface area contributed by atoms with Gasteiger partial charge in [-0.25, -0.2) is 0 Å². The molecule has 1 amide bonds. The van der Waals surface area contributed by atoms with Crippen molar-refractivity contribution in [2.75, 3.05) is 11.9 Å². The molecule has 76 valence electrons. The zero-order valence-corrected chi connectivity index (χ0v) is 7.24. The van der Waals surface area contributed by atoms with Crippen LogP contribution in [-0.2, 0) is 9.53 Å². The molecular weight excluding hydrogens is 192 g/mol. The van der Waals surface area contributed by atoms with Gasteiger partial charge in [0.05, 0.1) is 0 Å². The van der Waals surface area contributed by atoms with Crippen molar-refractivity contribution in [3.63, 3.8) is 0 Å². The highest BCUT2D eigenvalue weighted by atomic mass is 19.3. The summed E-state index contributed by atoms with van der Waals surface area (Å²) in [5.41, 5.74) is 0.551. The van der Waals surface area contributed by atoms with Crippen molar-refractivity contribution < 1.29 is 18.3 Å². The van der Waals surface area contributed by atoms with Crippen molar-refractivity contribution in [1.82, 2.24) is 0 Å². The molecule has 0 aliphatic carbocycles. The molecule has 0 spiro atoms. The number of amides is 1. The van der Waals surface area contributed by atoms with Gasteiger partial charge in [-0.3, -0.25) is 4.79 Å². The molecule has 0 saturated carbocycles. The topological polar surface area (TPSA) is 38.3 Å². The Morgan fingerprint density at radius 1 is 1.36 bits per heavy atom. The van der Waals surface area contributed by atoms with Gasteiger partial charge in [0.2, 0.25) is 0 Å². The molecule has 0 fully saturated rings. The van der Waals surface area contributed by atoms with Crippen molar-refractivity contribution >= 4 is 11.6 Å². The monoisotopic (exact) mass is 201 g/mol. The maximum atomic E-state index is 11.5. The number of hydrogen-bond donors (Lipinski definition) is 1. The summed E-state index contributed by atoms with van der Waals surface area (Å²) in [6.07, 6.45) is 0. The highest BCUT2D eigenvalue weighted by molar-refractivity contribution is 5.91. The van der Waals surface area contributed by atoms with Gasteiger partial charge in [-0.15, -0.1) is 0 Å². The summed E-state index contributed by atoms with van der Waals surface area (Å²) < 4.78 is 26.9. The SMILES string of the molecule is O=C(COC(F)F)Nc1ccccc1. The van der Waals surface area contributed by atoms with Crippen molar-refractivity contribution in [1.29, 1.82) is 0 Å². The molecule has 0 bridgehead atoms. The van der Waals surface area contributed by atoms with Gasteiger partial charge < -0.3 is 10.1 Å². The first-order chi connectivity index (χ1) is 6.68. The minimum absolute atomic E-state index is 0.551. The fourth-order valence-corrected chi connectivity index (χ4v) is 0.857. The molecule has 0 aromatic heterocycles. The van der Waals surface area contributed by atoms with Crippen LogP contribution in [0, 0.1) is 0 Å². The van der Waals surface area contributed by atoms with E-state index in [4.69, 9.17) is 0 Å². The molecule has 1 aromatic rings. The maximum absolute atomic E-state index is 11.5. The number of benzene rings is 1. The zero-order chi connectivity index (χ0) is 10.4. The first-order valence-corrected chi connectivity index (χ1v) is 3.93. The highest BCUT2D eigenvalue weighted by Crippen LogP contribution is 2.04. The van der Waals surface area contributed by atoms with E-state index in [1.54, 1.807) is 30.3 Å². The van der Waals surface area contributed by atoms with Crippen LogP contribution in [0.4, 0.5) is 14.5 Å². The van der Waals surface area contributed by atoms with Crippen molar-refractivity contribution in [3.8, 4) is 0 Å². The molecule has 0 aliphatic heterocycles. The number of halogens is 2. The quantitative estimate of drug-likeness (QED) is 0.807. The number of carbonyl (C=O) groups excluding carboxylic acids is 1. The Hall–Kier alpha value is -1.49. The van der Waals surface area contributed by atoms with Crippen LogP contribution in [0.5, 0.6) is 0 Å². The number of ether oxygens (including phenoxy) is 1. The van der Waals surface area contributed by atoms with Gasteiger partial charge in [-0.1, -0.05) is 18.2 Å². The van der Waals surface area contributed by atoms with E-state index in [0.29, 0.717) is 5.69 Å². The molecule has 14 heavy (non-hydrogen) atoms. The van der Waals surface area contributed by atoms with E-state index in [-0.39, 0.29) is 0 Å². The molecule has 3 nitrogen and oxygen atoms in total. The van der Waals surface area contributed by atoms with Crippen LogP contribution >= 0.6 is 0 Å². The van der Waals surface area contributed by atoms with Crippen molar-refractivity contribution in [2.45, 2.75) is 6.61 Å². The second-order valence-corrected chi connectivity index (χ2v) is 2.49. The lowest BCUT2D eigenvalue weighted by atomic mass is 10.3. The maximum Gasteiger partial charge on any atom is 0.345 e. The molecule has 0 atom stereocenters. The normalized spacial score (nSPS) is 10.2. The van der Waals surface area contributed by atoms with E-state index < -0.39 is 19.1 Å². The Morgan fingerprint density at radius 2 is 2.00 bits per heavy atom. The summed E-state index contributed by atoms with van der Waals surface area (Å²) in [6.45, 7) is -3.57. The summed E-state index contributed by atoms with van der Waals surface area (Å²) in [5, 5.41) is 2.40. The Balaban J connectivity index is 2.35. The van der Waals surface area contributed by atoms with Crippen molar-refractivity contribution in [2.24, 2.45) is 0 Å². The lowest BCUT2D eigenvalue weighted by Crippen LogP contribution is -2.19. The van der Waals surface area contributed by atoms with Gasteiger partial charge in [-0.2, -0.15) is 8.78 Å². The van der Waals surface area contributed by atoms with E-state index in [1.165, 1.54) is 0 Å². The van der Waals surface area contributed by atoms with Gasteiger partial charge in [0.25, 0.3) is 5.91 Å². The fraction of sp³-hybridized carbons (Fsp3) is 0.222. The van der Waals surface area contributed by atoms with E-state index in [1.807, 2.05) is 0 Å². The Morgan fingerprint density at radius 3 is 2.57 bits per heavy atom. The number of hydrogen-bond acceptors (Lipinski definition) is 2. The average molecular weight is 201 g/mol. The van der Waals surface area contributed by atoms with E-state index in [9.17, 15) is 13.6 Å². The van der Waals surface area contributed by atoms with Crippen LogP contribution < -0.4 is 5.32 Å². The molecule has 0 unspecified atom stereocenters. The predicted molar refractivity (Wildman–Crippen MR) is 47.0 cm³/mol. The van der Waals surface area contributed by atoms with Crippen LogP contribution in [0.2, 0.25) is 0 Å². The smallest absolute Gasteiger partial charge is 0.324 e. The Bertz CT molecular complexity index is 290. The molecular formula is C9H9F2NO2. The van der Waals surface area contributed by atoms with Crippen molar-refractivity contribution in [3.05, 3.63) is 30.3 Å². The number of nitrogens with one attached hydrogen (secondary N) is 1. The lowest BCUT2D eigenvalue weighted by Gasteiger charge is -2.04. The molecule has 0 radical (unpaired) electrons. The number of alkyl halides is 2. The second kappa shape index (κ2) is 5.29. The van der Waals surface area contributed by atoms with Gasteiger partial charge >= 0.3 is 6.61 Å². The van der Waals surface area contributed by atoms with Crippen LogP contribution in [0.3, 0.4) is 0 Å². The van der Waals surface area contributed by atoms with Gasteiger partial charge in [0, 0.05) is 5.69 Å². The van der Waals surface area contributed by atoms with E-state index in [2.05, 4.69) is 10.1 Å². The molecule has 1 N–H and O–H groups in total. The van der Waals surface area contributed by atoms with Crippen LogP contribution in [0.25, 0.3) is 0 Å². The standard InChI is InChI=1S/C9H9F2NO2/c10-9(11)14-6-8(13)12-7-4-2-1-3-5-7/h1-5,9H,6H2,(H,12,13). The molecule has 1 aromatic carbocycles. The minimum atomic E-state index is -2.92. The molecule has 0 aliphatic rings. The van der Waals surface area contributed by atoms with Gasteiger partial charge in [0.1, 0.15) is 6.61 Å². The number of anilines is 1. The first-order valence-electron chi connectivity index (χ1n) is 3.93. The fourth-order valence-electron chi connectivity index (χ4n) is 0.857. The first kappa shape index (κ1) is 10.6. The van der Waals surface area contributed by atoms with E-state index >= 15 is 0 Å². The molecule has 0 saturated heterocycles. The summed E-state index contributed by atoms with van der Waals surface area (Å²) in [7, 11) is 0. The number of rotatable bonds is 4. The third-order valence-electron chi connectivity index (χ3n) is 1.40. The zero-order valence-electron chi connectivity index (χ0n) is 7.24. The largest absolute Gasteiger partial charge is 0.345 e. The number of carbonyl (C=O) groups is 1. The summed E-state index contributed by atoms with van der Waals surface area (Å²) >= 11 is 0.